The molecule has 0 unspecified atom stereocenters. The van der Waals surface area contributed by atoms with Crippen LogP contribution in [-0.2, 0) is 23.7 Å². The van der Waals surface area contributed by atoms with Gasteiger partial charge in [0.2, 0.25) is 0 Å². The highest BCUT2D eigenvalue weighted by Crippen LogP contribution is 2.72. The van der Waals surface area contributed by atoms with E-state index in [0.717, 1.165) is 25.7 Å². The average molecular weight is 463 g/mol. The Bertz CT molecular complexity index is 785. The highest BCUT2D eigenvalue weighted by molar-refractivity contribution is 5.25. The number of fused-ring (bicyclic) bond motifs is 6. The van der Waals surface area contributed by atoms with Gasteiger partial charge in [0.15, 0.2) is 11.6 Å². The molecule has 6 nitrogen and oxygen atoms in total. The molecular weight excluding hydrogens is 420 g/mol. The molecule has 2 aliphatic heterocycles. The molecule has 0 radical (unpaired) electrons. The van der Waals surface area contributed by atoms with Gasteiger partial charge in [-0.2, -0.15) is 0 Å². The Morgan fingerprint density at radius 1 is 1.03 bits per heavy atom. The monoisotopic (exact) mass is 462 g/mol. The second kappa shape index (κ2) is 7.75. The van der Waals surface area contributed by atoms with E-state index in [2.05, 4.69) is 20.4 Å². The molecule has 6 fully saturated rings. The van der Waals surface area contributed by atoms with Crippen molar-refractivity contribution in [3.8, 4) is 0 Å². The molecule has 4 aliphatic carbocycles. The summed E-state index contributed by atoms with van der Waals surface area (Å²) >= 11 is 0. The van der Waals surface area contributed by atoms with Gasteiger partial charge >= 0.3 is 0 Å². The van der Waals surface area contributed by atoms with Crippen molar-refractivity contribution >= 4 is 0 Å². The molecule has 6 rings (SSSR count). The van der Waals surface area contributed by atoms with Crippen molar-refractivity contribution in [3.05, 3.63) is 12.2 Å². The largest absolute Gasteiger partial charge is 0.390 e. The third-order valence-corrected chi connectivity index (χ3v) is 11.2. The van der Waals surface area contributed by atoms with Gasteiger partial charge in [0.05, 0.1) is 39.1 Å². The predicted octanol–water partition coefficient (Wildman–Crippen LogP) is 3.91. The number of rotatable bonds is 3. The fraction of sp³-hybridized carbons (Fsp3) is 0.926. The normalized spacial score (nSPS) is 48.6. The maximum atomic E-state index is 11.2. The third kappa shape index (κ3) is 3.01. The van der Waals surface area contributed by atoms with E-state index in [1.54, 1.807) is 7.11 Å². The molecule has 33 heavy (non-hydrogen) atoms. The van der Waals surface area contributed by atoms with Crippen molar-refractivity contribution in [2.24, 2.45) is 40.4 Å². The van der Waals surface area contributed by atoms with Crippen molar-refractivity contribution in [2.45, 2.75) is 76.5 Å². The van der Waals surface area contributed by atoms with Gasteiger partial charge < -0.3 is 28.8 Å². The van der Waals surface area contributed by atoms with E-state index in [1.807, 2.05) is 0 Å². The molecule has 4 saturated carbocycles. The van der Waals surface area contributed by atoms with Crippen LogP contribution in [0.1, 0.15) is 58.8 Å². The molecule has 2 heterocycles. The van der Waals surface area contributed by atoms with Gasteiger partial charge in [-0.3, -0.25) is 0 Å². The maximum absolute atomic E-state index is 11.2. The lowest BCUT2D eigenvalue weighted by Gasteiger charge is -2.63. The van der Waals surface area contributed by atoms with Crippen LogP contribution in [0.4, 0.5) is 0 Å². The number of hydrogen-bond acceptors (Lipinski definition) is 6. The lowest BCUT2D eigenvalue weighted by molar-refractivity contribution is -0.251. The standard InChI is InChI=1S/C27H42O6/c1-17-13-26(30-9-10-31-26)14-18-5-6-19-21(25(17,18)3)7-8-24(2)23(19)20(22(28)16-29-4)15-27(24)32-11-12-33-27/h18-23,28H,1,5-16H2,2-4H3/t18-,19+,20-,21-,22-,23+,24-,25-/m0/s1. The Labute approximate surface area is 198 Å². The third-order valence-electron chi connectivity index (χ3n) is 11.2. The van der Waals surface area contributed by atoms with Crippen molar-refractivity contribution < 1.29 is 28.8 Å². The number of aliphatic hydroxyl groups excluding tert-OH is 1. The van der Waals surface area contributed by atoms with Crippen LogP contribution in [0.25, 0.3) is 0 Å². The Hall–Kier alpha value is -0.500. The van der Waals surface area contributed by atoms with Gasteiger partial charge in [-0.05, 0) is 60.7 Å². The summed E-state index contributed by atoms with van der Waals surface area (Å²) in [5.74, 6) is 1.14. The van der Waals surface area contributed by atoms with E-state index >= 15 is 0 Å². The Balaban J connectivity index is 1.35. The molecule has 0 bridgehead atoms. The maximum Gasteiger partial charge on any atom is 0.174 e. The molecule has 8 atom stereocenters. The molecule has 0 amide bonds. The van der Waals surface area contributed by atoms with Crippen molar-refractivity contribution in [3.63, 3.8) is 0 Å². The Morgan fingerprint density at radius 2 is 1.73 bits per heavy atom. The van der Waals surface area contributed by atoms with Gasteiger partial charge in [-0.15, -0.1) is 0 Å². The predicted molar refractivity (Wildman–Crippen MR) is 122 cm³/mol. The van der Waals surface area contributed by atoms with E-state index in [1.165, 1.54) is 24.8 Å². The first-order valence-corrected chi connectivity index (χ1v) is 13.2. The summed E-state index contributed by atoms with van der Waals surface area (Å²) in [5, 5.41) is 11.2. The fourth-order valence-electron chi connectivity index (χ4n) is 9.70. The first kappa shape index (κ1) is 22.9. The van der Waals surface area contributed by atoms with E-state index in [-0.39, 0.29) is 16.7 Å². The minimum absolute atomic E-state index is 0.0812. The molecule has 2 saturated heterocycles. The summed E-state index contributed by atoms with van der Waals surface area (Å²) in [4.78, 5) is 0. The summed E-state index contributed by atoms with van der Waals surface area (Å²) in [5.41, 5.74) is 1.32. The summed E-state index contributed by atoms with van der Waals surface area (Å²) in [6.45, 7) is 12.6. The number of ether oxygens (including phenoxy) is 5. The van der Waals surface area contributed by atoms with Gasteiger partial charge in [-0.25, -0.2) is 0 Å². The van der Waals surface area contributed by atoms with E-state index in [4.69, 9.17) is 23.7 Å². The molecule has 0 aromatic carbocycles. The molecule has 186 valence electrons. The van der Waals surface area contributed by atoms with Gasteiger partial charge in [0.25, 0.3) is 0 Å². The van der Waals surface area contributed by atoms with Crippen LogP contribution >= 0.6 is 0 Å². The summed E-state index contributed by atoms with van der Waals surface area (Å²) in [7, 11) is 1.68. The van der Waals surface area contributed by atoms with Crippen LogP contribution in [0.3, 0.4) is 0 Å². The van der Waals surface area contributed by atoms with Crippen LogP contribution in [0.15, 0.2) is 12.2 Å². The van der Waals surface area contributed by atoms with Gasteiger partial charge in [0.1, 0.15) is 0 Å². The van der Waals surface area contributed by atoms with E-state index in [9.17, 15) is 5.11 Å². The first-order chi connectivity index (χ1) is 15.8. The van der Waals surface area contributed by atoms with Crippen LogP contribution in [-0.4, -0.2) is 62.9 Å². The molecule has 1 N–H and O–H groups in total. The zero-order valence-electron chi connectivity index (χ0n) is 20.6. The van der Waals surface area contributed by atoms with Crippen molar-refractivity contribution in [1.29, 1.82) is 0 Å². The molecule has 0 aromatic heterocycles. The van der Waals surface area contributed by atoms with Crippen LogP contribution in [0, 0.1) is 40.4 Å². The Morgan fingerprint density at radius 3 is 2.42 bits per heavy atom. The topological polar surface area (TPSA) is 66.4 Å². The van der Waals surface area contributed by atoms with Gasteiger partial charge in [0, 0.05) is 31.8 Å². The molecule has 6 heteroatoms. The smallest absolute Gasteiger partial charge is 0.174 e. The second-order valence-corrected chi connectivity index (χ2v) is 12.2. The minimum Gasteiger partial charge on any atom is -0.390 e. The van der Waals surface area contributed by atoms with Crippen LogP contribution in [0.5, 0.6) is 0 Å². The highest BCUT2D eigenvalue weighted by Gasteiger charge is 2.71. The second-order valence-electron chi connectivity index (χ2n) is 12.2. The molecule has 0 aromatic rings. The van der Waals surface area contributed by atoms with Crippen molar-refractivity contribution in [2.75, 3.05) is 40.1 Å². The summed E-state index contributed by atoms with van der Waals surface area (Å²) in [6.07, 6.45) is 6.67. The molecular formula is C27H42O6. The Kier molecular flexibility index (Phi) is 5.38. The lowest BCUT2D eigenvalue weighted by Crippen LogP contribution is -2.59. The van der Waals surface area contributed by atoms with Crippen LogP contribution in [0.2, 0.25) is 0 Å². The highest BCUT2D eigenvalue weighted by atomic mass is 16.7. The lowest BCUT2D eigenvalue weighted by atomic mass is 9.43. The molecule has 2 spiro atoms. The number of aliphatic hydroxyl groups is 1. The van der Waals surface area contributed by atoms with Crippen molar-refractivity contribution in [1.82, 2.24) is 0 Å². The molecule has 6 aliphatic rings. The number of hydrogen-bond donors (Lipinski definition) is 1. The average Bonchev–Trinajstić information content (AvgIpc) is 3.50. The summed E-state index contributed by atoms with van der Waals surface area (Å²) < 4.78 is 30.5. The summed E-state index contributed by atoms with van der Waals surface area (Å²) in [6, 6.07) is 0. The first-order valence-electron chi connectivity index (χ1n) is 13.2. The van der Waals surface area contributed by atoms with E-state index < -0.39 is 17.7 Å². The minimum atomic E-state index is -0.557. The van der Waals surface area contributed by atoms with Crippen LogP contribution < -0.4 is 0 Å². The SMILES string of the molecule is C=C1CC2(C[C@@H]3CC[C@H]4[C@@H]5[C@H]([C@@H](O)COC)CC6(OCCO6)[C@@]5(C)CC[C@@H]4[C@@]13C)OCCO2. The number of methoxy groups -OCH3 is 1. The van der Waals surface area contributed by atoms with Gasteiger partial charge in [-0.1, -0.05) is 26.0 Å². The fourth-order valence-corrected chi connectivity index (χ4v) is 9.70. The quantitative estimate of drug-likeness (QED) is 0.642. The zero-order chi connectivity index (χ0) is 23.1. The van der Waals surface area contributed by atoms with E-state index in [0.29, 0.717) is 56.7 Å². The zero-order valence-corrected chi connectivity index (χ0v) is 20.6.